The molecule has 0 saturated carbocycles. The minimum absolute atomic E-state index is 0.00472. The number of allylic oxidation sites excluding steroid dienone is 2. The second-order valence-corrected chi connectivity index (χ2v) is 3.23. The van der Waals surface area contributed by atoms with Crippen molar-refractivity contribution in [3.05, 3.63) is 12.2 Å². The van der Waals surface area contributed by atoms with Crippen molar-refractivity contribution >= 4 is 11.9 Å². The molecule has 0 aromatic carbocycles. The Morgan fingerprint density at radius 3 is 1.93 bits per heavy atom. The number of rotatable bonds is 3. The summed E-state index contributed by atoms with van der Waals surface area (Å²) < 4.78 is 9.16. The molecule has 0 amide bonds. The van der Waals surface area contributed by atoms with Crippen LogP contribution in [-0.2, 0) is 19.1 Å². The largest absolute Gasteiger partial charge is 0.468 e. The van der Waals surface area contributed by atoms with E-state index in [4.69, 9.17) is 0 Å². The van der Waals surface area contributed by atoms with Gasteiger partial charge in [0.1, 0.15) is 0 Å². The Morgan fingerprint density at radius 1 is 1.14 bits per heavy atom. The second-order valence-electron chi connectivity index (χ2n) is 3.23. The van der Waals surface area contributed by atoms with Crippen molar-refractivity contribution in [1.29, 1.82) is 0 Å². The standard InChI is InChI=1S/C10H14O4/c1-13-9(11)8(10(12)14-2)7-5-3-4-6-7/h3-4,7-8H,5-6H2,1-2H3. The molecule has 0 unspecified atom stereocenters. The highest BCUT2D eigenvalue weighted by Gasteiger charge is 2.36. The second kappa shape index (κ2) is 4.79. The van der Waals surface area contributed by atoms with E-state index in [2.05, 4.69) is 9.47 Å². The summed E-state index contributed by atoms with van der Waals surface area (Å²) in [5.74, 6) is -1.80. The summed E-state index contributed by atoms with van der Waals surface area (Å²) in [6.07, 6.45) is 5.39. The smallest absolute Gasteiger partial charge is 0.320 e. The first kappa shape index (κ1) is 10.8. The molecule has 78 valence electrons. The monoisotopic (exact) mass is 198 g/mol. The van der Waals surface area contributed by atoms with E-state index >= 15 is 0 Å². The van der Waals surface area contributed by atoms with Gasteiger partial charge in [0.25, 0.3) is 0 Å². The van der Waals surface area contributed by atoms with Crippen LogP contribution in [0.15, 0.2) is 12.2 Å². The van der Waals surface area contributed by atoms with E-state index in [0.717, 1.165) is 12.8 Å². The predicted octanol–water partition coefficient (Wildman–Crippen LogP) is 0.915. The van der Waals surface area contributed by atoms with E-state index in [1.807, 2.05) is 12.2 Å². The van der Waals surface area contributed by atoms with Crippen molar-refractivity contribution in [3.63, 3.8) is 0 Å². The lowest BCUT2D eigenvalue weighted by atomic mass is 9.90. The van der Waals surface area contributed by atoms with Gasteiger partial charge >= 0.3 is 11.9 Å². The maximum atomic E-state index is 11.3. The molecule has 1 rings (SSSR count). The van der Waals surface area contributed by atoms with Crippen LogP contribution < -0.4 is 0 Å². The van der Waals surface area contributed by atoms with Gasteiger partial charge in [-0.15, -0.1) is 0 Å². The van der Waals surface area contributed by atoms with Crippen molar-refractivity contribution in [2.75, 3.05) is 14.2 Å². The highest BCUT2D eigenvalue weighted by Crippen LogP contribution is 2.28. The fraction of sp³-hybridized carbons (Fsp3) is 0.600. The normalized spacial score (nSPS) is 15.9. The highest BCUT2D eigenvalue weighted by molar-refractivity contribution is 5.95. The van der Waals surface area contributed by atoms with Crippen LogP contribution in [-0.4, -0.2) is 26.2 Å². The lowest BCUT2D eigenvalue weighted by molar-refractivity contribution is -0.161. The molecule has 0 aromatic rings. The van der Waals surface area contributed by atoms with Gasteiger partial charge in [-0.25, -0.2) is 0 Å². The highest BCUT2D eigenvalue weighted by atomic mass is 16.5. The zero-order valence-electron chi connectivity index (χ0n) is 8.36. The van der Waals surface area contributed by atoms with Gasteiger partial charge in [-0.05, 0) is 18.8 Å². The number of carbonyl (C=O) groups is 2. The van der Waals surface area contributed by atoms with Gasteiger partial charge in [0.15, 0.2) is 5.92 Å². The van der Waals surface area contributed by atoms with Crippen LogP contribution >= 0.6 is 0 Å². The molecule has 4 heteroatoms. The number of hydrogen-bond donors (Lipinski definition) is 0. The zero-order valence-corrected chi connectivity index (χ0v) is 8.36. The third kappa shape index (κ3) is 2.13. The first-order chi connectivity index (χ1) is 6.70. The molecule has 0 heterocycles. The Kier molecular flexibility index (Phi) is 3.68. The summed E-state index contributed by atoms with van der Waals surface area (Å²) in [4.78, 5) is 22.7. The van der Waals surface area contributed by atoms with Crippen molar-refractivity contribution in [1.82, 2.24) is 0 Å². The Bertz CT molecular complexity index is 233. The van der Waals surface area contributed by atoms with E-state index in [9.17, 15) is 9.59 Å². The maximum absolute atomic E-state index is 11.3. The Morgan fingerprint density at radius 2 is 1.57 bits per heavy atom. The molecule has 0 fully saturated rings. The molecule has 0 saturated heterocycles. The van der Waals surface area contributed by atoms with Crippen LogP contribution in [0.4, 0.5) is 0 Å². The summed E-state index contributed by atoms with van der Waals surface area (Å²) in [6, 6.07) is 0. The summed E-state index contributed by atoms with van der Waals surface area (Å²) in [7, 11) is 2.56. The quantitative estimate of drug-likeness (QED) is 0.384. The molecular weight excluding hydrogens is 184 g/mol. The Labute approximate surface area is 82.9 Å². The van der Waals surface area contributed by atoms with Gasteiger partial charge in [0.05, 0.1) is 14.2 Å². The Hall–Kier alpha value is -1.32. The van der Waals surface area contributed by atoms with Crippen LogP contribution in [0.5, 0.6) is 0 Å². The number of methoxy groups -OCH3 is 2. The molecular formula is C10H14O4. The third-order valence-electron chi connectivity index (χ3n) is 2.43. The van der Waals surface area contributed by atoms with Crippen molar-refractivity contribution < 1.29 is 19.1 Å². The molecule has 14 heavy (non-hydrogen) atoms. The lowest BCUT2D eigenvalue weighted by Gasteiger charge is -2.18. The van der Waals surface area contributed by atoms with E-state index in [0.29, 0.717) is 0 Å². The van der Waals surface area contributed by atoms with Crippen LogP contribution in [0.2, 0.25) is 0 Å². The molecule has 0 aromatic heterocycles. The van der Waals surface area contributed by atoms with Crippen LogP contribution in [0, 0.1) is 11.8 Å². The molecule has 0 spiro atoms. The third-order valence-corrected chi connectivity index (χ3v) is 2.43. The molecule has 0 aliphatic heterocycles. The summed E-state index contributed by atoms with van der Waals surface area (Å²) in [5.41, 5.74) is 0. The summed E-state index contributed by atoms with van der Waals surface area (Å²) in [6.45, 7) is 0. The maximum Gasteiger partial charge on any atom is 0.320 e. The van der Waals surface area contributed by atoms with Gasteiger partial charge in [0, 0.05) is 0 Å². The van der Waals surface area contributed by atoms with Gasteiger partial charge in [-0.1, -0.05) is 12.2 Å². The van der Waals surface area contributed by atoms with Gasteiger partial charge in [-0.3, -0.25) is 9.59 Å². The molecule has 1 aliphatic rings. The number of hydrogen-bond acceptors (Lipinski definition) is 4. The fourth-order valence-corrected chi connectivity index (χ4v) is 1.65. The van der Waals surface area contributed by atoms with E-state index in [1.165, 1.54) is 14.2 Å². The van der Waals surface area contributed by atoms with Gasteiger partial charge in [0.2, 0.25) is 0 Å². The molecule has 0 radical (unpaired) electrons. The van der Waals surface area contributed by atoms with Crippen molar-refractivity contribution in [3.8, 4) is 0 Å². The molecule has 4 nitrogen and oxygen atoms in total. The Balaban J connectivity index is 2.70. The predicted molar refractivity (Wildman–Crippen MR) is 49.4 cm³/mol. The minimum Gasteiger partial charge on any atom is -0.468 e. The van der Waals surface area contributed by atoms with Gasteiger partial charge in [-0.2, -0.15) is 0 Å². The van der Waals surface area contributed by atoms with Crippen molar-refractivity contribution in [2.24, 2.45) is 11.8 Å². The van der Waals surface area contributed by atoms with E-state index < -0.39 is 17.9 Å². The van der Waals surface area contributed by atoms with E-state index in [1.54, 1.807) is 0 Å². The number of esters is 2. The van der Waals surface area contributed by atoms with Crippen LogP contribution in [0.25, 0.3) is 0 Å². The number of ether oxygens (including phenoxy) is 2. The number of carbonyl (C=O) groups excluding carboxylic acids is 2. The topological polar surface area (TPSA) is 52.6 Å². The SMILES string of the molecule is COC(=O)C(C(=O)OC)C1CC=CC1. The molecule has 0 N–H and O–H groups in total. The fourth-order valence-electron chi connectivity index (χ4n) is 1.65. The molecule has 0 bridgehead atoms. The zero-order chi connectivity index (χ0) is 10.6. The van der Waals surface area contributed by atoms with E-state index in [-0.39, 0.29) is 5.92 Å². The van der Waals surface area contributed by atoms with Gasteiger partial charge < -0.3 is 9.47 Å². The summed E-state index contributed by atoms with van der Waals surface area (Å²) >= 11 is 0. The molecule has 0 atom stereocenters. The average molecular weight is 198 g/mol. The summed E-state index contributed by atoms with van der Waals surface area (Å²) in [5, 5.41) is 0. The molecule has 1 aliphatic carbocycles. The first-order valence-electron chi connectivity index (χ1n) is 4.51. The average Bonchev–Trinajstić information content (AvgIpc) is 2.70. The lowest BCUT2D eigenvalue weighted by Crippen LogP contribution is -2.32. The minimum atomic E-state index is -0.778. The van der Waals surface area contributed by atoms with Crippen LogP contribution in [0.3, 0.4) is 0 Å². The van der Waals surface area contributed by atoms with Crippen LogP contribution in [0.1, 0.15) is 12.8 Å². The first-order valence-corrected chi connectivity index (χ1v) is 4.51. The van der Waals surface area contributed by atoms with Crippen molar-refractivity contribution in [2.45, 2.75) is 12.8 Å².